The molecule has 2 nitrogen and oxygen atoms in total. The average molecular weight is 325 g/mol. The van der Waals surface area contributed by atoms with Crippen LogP contribution in [0, 0.1) is 12.8 Å². The van der Waals surface area contributed by atoms with Crippen LogP contribution in [0.4, 0.5) is 0 Å². The van der Waals surface area contributed by atoms with Crippen molar-refractivity contribution in [3.63, 3.8) is 0 Å². The zero-order valence-electron chi connectivity index (χ0n) is 11.4. The molecule has 3 heteroatoms. The second-order valence-corrected chi connectivity index (χ2v) is 7.10. The lowest BCUT2D eigenvalue weighted by Crippen LogP contribution is -2.20. The fraction of sp³-hybridized carbons (Fsp3) is 0.625. The maximum atomic E-state index is 10.2. The standard InChI is InChI=1S/C16H21BrO2/c1-11-7-13(9-16(18)5-6-16)15(14(17)8-11)19-10-12-3-2-4-12/h7-8,12,18H,2-6,9-10H2,1H3. The number of rotatable bonds is 5. The van der Waals surface area contributed by atoms with Gasteiger partial charge in [0.2, 0.25) is 0 Å². The Morgan fingerprint density at radius 2 is 2.11 bits per heavy atom. The summed E-state index contributed by atoms with van der Waals surface area (Å²) in [4.78, 5) is 0. The number of ether oxygens (including phenoxy) is 1. The Labute approximate surface area is 123 Å². The molecule has 0 radical (unpaired) electrons. The van der Waals surface area contributed by atoms with Gasteiger partial charge < -0.3 is 9.84 Å². The molecule has 1 aromatic rings. The van der Waals surface area contributed by atoms with Crippen LogP contribution in [0.1, 0.15) is 43.2 Å². The molecule has 2 fully saturated rings. The molecule has 0 bridgehead atoms. The third-order valence-corrected chi connectivity index (χ3v) is 4.89. The van der Waals surface area contributed by atoms with Crippen LogP contribution in [0.5, 0.6) is 5.75 Å². The molecule has 0 atom stereocenters. The molecule has 1 aromatic carbocycles. The largest absolute Gasteiger partial charge is 0.492 e. The first-order valence-electron chi connectivity index (χ1n) is 7.20. The van der Waals surface area contributed by atoms with Crippen LogP contribution in [-0.4, -0.2) is 17.3 Å². The number of aliphatic hydroxyl groups is 1. The molecule has 1 N–H and O–H groups in total. The zero-order chi connectivity index (χ0) is 13.5. The Bertz CT molecular complexity index is 476. The van der Waals surface area contributed by atoms with Crippen LogP contribution >= 0.6 is 15.9 Å². The van der Waals surface area contributed by atoms with E-state index in [1.807, 2.05) is 0 Å². The van der Waals surface area contributed by atoms with Gasteiger partial charge in [0.15, 0.2) is 0 Å². The first-order chi connectivity index (χ1) is 9.06. The van der Waals surface area contributed by atoms with Gasteiger partial charge in [-0.25, -0.2) is 0 Å². The van der Waals surface area contributed by atoms with E-state index in [1.165, 1.54) is 24.8 Å². The highest BCUT2D eigenvalue weighted by Gasteiger charge is 2.41. The van der Waals surface area contributed by atoms with E-state index in [2.05, 4.69) is 35.0 Å². The van der Waals surface area contributed by atoms with Crippen molar-refractivity contribution in [2.75, 3.05) is 6.61 Å². The maximum absolute atomic E-state index is 10.2. The van der Waals surface area contributed by atoms with Gasteiger partial charge in [0.1, 0.15) is 5.75 Å². The molecule has 104 valence electrons. The van der Waals surface area contributed by atoms with E-state index in [4.69, 9.17) is 4.74 Å². The fourth-order valence-corrected chi connectivity index (χ4v) is 3.36. The zero-order valence-corrected chi connectivity index (χ0v) is 13.0. The lowest BCUT2D eigenvalue weighted by molar-refractivity contribution is 0.146. The van der Waals surface area contributed by atoms with Crippen molar-refractivity contribution >= 4 is 15.9 Å². The minimum atomic E-state index is -0.470. The summed E-state index contributed by atoms with van der Waals surface area (Å²) in [5, 5.41) is 10.2. The van der Waals surface area contributed by atoms with Crippen LogP contribution < -0.4 is 4.74 Å². The summed E-state index contributed by atoms with van der Waals surface area (Å²) < 4.78 is 7.06. The Hall–Kier alpha value is -0.540. The first-order valence-corrected chi connectivity index (χ1v) is 7.99. The summed E-state index contributed by atoms with van der Waals surface area (Å²) in [6, 6.07) is 4.24. The monoisotopic (exact) mass is 324 g/mol. The van der Waals surface area contributed by atoms with Gasteiger partial charge in [-0.3, -0.25) is 0 Å². The van der Waals surface area contributed by atoms with E-state index in [0.29, 0.717) is 6.42 Å². The second kappa shape index (κ2) is 5.10. The molecule has 0 aliphatic heterocycles. The van der Waals surface area contributed by atoms with Crippen molar-refractivity contribution in [3.8, 4) is 5.75 Å². The summed E-state index contributed by atoms with van der Waals surface area (Å²) in [6.45, 7) is 2.90. The smallest absolute Gasteiger partial charge is 0.136 e. The van der Waals surface area contributed by atoms with Crippen molar-refractivity contribution in [1.29, 1.82) is 0 Å². The summed E-state index contributed by atoms with van der Waals surface area (Å²) in [5.74, 6) is 1.67. The average Bonchev–Trinajstić information content (AvgIpc) is 2.97. The molecule has 2 saturated carbocycles. The van der Waals surface area contributed by atoms with Crippen molar-refractivity contribution < 1.29 is 9.84 Å². The highest BCUT2D eigenvalue weighted by molar-refractivity contribution is 9.10. The molecular weight excluding hydrogens is 304 g/mol. The van der Waals surface area contributed by atoms with E-state index < -0.39 is 5.60 Å². The minimum Gasteiger partial charge on any atom is -0.492 e. The lowest BCUT2D eigenvalue weighted by Gasteiger charge is -2.26. The Morgan fingerprint density at radius 3 is 2.68 bits per heavy atom. The van der Waals surface area contributed by atoms with Gasteiger partial charge >= 0.3 is 0 Å². The van der Waals surface area contributed by atoms with Gasteiger partial charge in [0, 0.05) is 6.42 Å². The van der Waals surface area contributed by atoms with Crippen molar-refractivity contribution in [1.82, 2.24) is 0 Å². The van der Waals surface area contributed by atoms with Gasteiger partial charge in [-0.15, -0.1) is 0 Å². The predicted molar refractivity (Wildman–Crippen MR) is 79.6 cm³/mol. The van der Waals surface area contributed by atoms with Crippen LogP contribution in [0.3, 0.4) is 0 Å². The highest BCUT2D eigenvalue weighted by atomic mass is 79.9. The maximum Gasteiger partial charge on any atom is 0.136 e. The topological polar surface area (TPSA) is 29.5 Å². The number of benzene rings is 1. The normalized spacial score (nSPS) is 21.0. The molecule has 0 amide bonds. The molecule has 0 heterocycles. The lowest BCUT2D eigenvalue weighted by atomic mass is 9.86. The van der Waals surface area contributed by atoms with Gasteiger partial charge in [0.05, 0.1) is 16.7 Å². The van der Waals surface area contributed by atoms with Gasteiger partial charge in [-0.2, -0.15) is 0 Å². The molecule has 2 aliphatic rings. The predicted octanol–water partition coefficient (Wildman–Crippen LogP) is 4.00. The van der Waals surface area contributed by atoms with E-state index in [9.17, 15) is 5.11 Å². The van der Waals surface area contributed by atoms with E-state index in [1.54, 1.807) is 0 Å². The Morgan fingerprint density at radius 1 is 1.37 bits per heavy atom. The first kappa shape index (κ1) is 13.4. The van der Waals surface area contributed by atoms with Crippen LogP contribution in [0.2, 0.25) is 0 Å². The van der Waals surface area contributed by atoms with Crippen molar-refractivity contribution in [2.45, 2.75) is 51.0 Å². The molecule has 0 aromatic heterocycles. The SMILES string of the molecule is Cc1cc(Br)c(OCC2CCC2)c(CC2(O)CC2)c1. The molecule has 0 spiro atoms. The van der Waals surface area contributed by atoms with E-state index in [-0.39, 0.29) is 0 Å². The number of hydrogen-bond acceptors (Lipinski definition) is 2. The molecule has 0 saturated heterocycles. The van der Waals surface area contributed by atoms with Gasteiger partial charge in [0.25, 0.3) is 0 Å². The Balaban J connectivity index is 1.78. The van der Waals surface area contributed by atoms with Crippen molar-refractivity contribution in [3.05, 3.63) is 27.7 Å². The molecular formula is C16H21BrO2. The highest BCUT2D eigenvalue weighted by Crippen LogP contribution is 2.42. The van der Waals surface area contributed by atoms with Gasteiger partial charge in [-0.1, -0.05) is 12.5 Å². The summed E-state index contributed by atoms with van der Waals surface area (Å²) >= 11 is 3.61. The van der Waals surface area contributed by atoms with Crippen LogP contribution in [0.15, 0.2) is 16.6 Å². The van der Waals surface area contributed by atoms with Crippen LogP contribution in [-0.2, 0) is 6.42 Å². The molecule has 3 rings (SSSR count). The molecule has 19 heavy (non-hydrogen) atoms. The Kier molecular flexibility index (Phi) is 3.61. The van der Waals surface area contributed by atoms with Crippen molar-refractivity contribution in [2.24, 2.45) is 5.92 Å². The van der Waals surface area contributed by atoms with Gasteiger partial charge in [-0.05, 0) is 71.6 Å². The number of aryl methyl sites for hydroxylation is 1. The molecule has 2 aliphatic carbocycles. The minimum absolute atomic E-state index is 0.470. The third kappa shape index (κ3) is 3.14. The number of halogens is 1. The summed E-state index contributed by atoms with van der Waals surface area (Å²) in [6.07, 6.45) is 6.48. The fourth-order valence-electron chi connectivity index (χ4n) is 2.63. The third-order valence-electron chi connectivity index (χ3n) is 4.30. The summed E-state index contributed by atoms with van der Waals surface area (Å²) in [5.41, 5.74) is 1.88. The number of hydrogen-bond donors (Lipinski definition) is 1. The summed E-state index contributed by atoms with van der Waals surface area (Å²) in [7, 11) is 0. The van der Waals surface area contributed by atoms with Crippen LogP contribution in [0.25, 0.3) is 0 Å². The second-order valence-electron chi connectivity index (χ2n) is 6.24. The van der Waals surface area contributed by atoms with E-state index in [0.717, 1.165) is 41.2 Å². The quantitative estimate of drug-likeness (QED) is 0.886. The molecule has 0 unspecified atom stereocenters. The van der Waals surface area contributed by atoms with E-state index >= 15 is 0 Å².